The van der Waals surface area contributed by atoms with Crippen molar-refractivity contribution in [3.63, 3.8) is 0 Å². The molecule has 0 aliphatic heterocycles. The van der Waals surface area contributed by atoms with Crippen molar-refractivity contribution in [3.8, 4) is 11.8 Å². The van der Waals surface area contributed by atoms with E-state index in [-0.39, 0.29) is 18.6 Å². The Balaban J connectivity index is 2.50. The summed E-state index contributed by atoms with van der Waals surface area (Å²) in [6.07, 6.45) is -0.403. The first-order chi connectivity index (χ1) is 11.7. The molecule has 0 radical (unpaired) electrons. The molecule has 1 unspecified atom stereocenters. The summed E-state index contributed by atoms with van der Waals surface area (Å²) < 4.78 is 10.6. The van der Waals surface area contributed by atoms with Crippen molar-refractivity contribution in [2.75, 3.05) is 13.2 Å². The molecule has 138 valence electrons. The van der Waals surface area contributed by atoms with Crippen LogP contribution in [0.25, 0.3) is 0 Å². The molecule has 1 aromatic carbocycles. The van der Waals surface area contributed by atoms with E-state index < -0.39 is 11.7 Å². The Morgan fingerprint density at radius 3 is 2.64 bits per heavy atom. The van der Waals surface area contributed by atoms with Gasteiger partial charge in [0.2, 0.25) is 0 Å². The van der Waals surface area contributed by atoms with Crippen molar-refractivity contribution in [2.24, 2.45) is 5.92 Å². The second kappa shape index (κ2) is 9.90. The maximum atomic E-state index is 11.9. The van der Waals surface area contributed by atoms with Crippen LogP contribution in [0, 0.1) is 17.2 Å². The first kappa shape index (κ1) is 20.8. The molecule has 1 rings (SSSR count). The van der Waals surface area contributed by atoms with Gasteiger partial charge in [-0.05, 0) is 44.4 Å². The molecule has 1 atom stereocenters. The Hall–Kier alpha value is -2.26. The van der Waals surface area contributed by atoms with Gasteiger partial charge in [-0.1, -0.05) is 26.0 Å². The van der Waals surface area contributed by atoms with Crippen molar-refractivity contribution in [1.82, 2.24) is 10.6 Å². The Morgan fingerprint density at radius 2 is 2.04 bits per heavy atom. The SMILES string of the molecule is CC(C)C(CNCc1cccc(OCC#N)c1)NC(=O)OC(C)(C)C. The fraction of sp³-hybridized carbons (Fsp3) is 0.579. The van der Waals surface area contributed by atoms with Gasteiger partial charge in [0.05, 0.1) is 0 Å². The molecule has 6 heteroatoms. The van der Waals surface area contributed by atoms with Crippen LogP contribution in [0.1, 0.15) is 40.2 Å². The van der Waals surface area contributed by atoms with Crippen molar-refractivity contribution in [1.29, 1.82) is 5.26 Å². The van der Waals surface area contributed by atoms with E-state index >= 15 is 0 Å². The van der Waals surface area contributed by atoms with Gasteiger partial charge in [0.25, 0.3) is 0 Å². The molecule has 0 aromatic heterocycles. The minimum Gasteiger partial charge on any atom is -0.479 e. The molecule has 0 spiro atoms. The number of amides is 1. The maximum absolute atomic E-state index is 11.9. The van der Waals surface area contributed by atoms with Crippen LogP contribution >= 0.6 is 0 Å². The maximum Gasteiger partial charge on any atom is 0.407 e. The number of carbonyl (C=O) groups is 1. The van der Waals surface area contributed by atoms with E-state index in [0.29, 0.717) is 18.8 Å². The molecule has 0 heterocycles. The summed E-state index contributed by atoms with van der Waals surface area (Å²) in [5.74, 6) is 0.943. The Labute approximate surface area is 150 Å². The van der Waals surface area contributed by atoms with Gasteiger partial charge < -0.3 is 20.1 Å². The summed E-state index contributed by atoms with van der Waals surface area (Å²) in [4.78, 5) is 11.9. The van der Waals surface area contributed by atoms with Crippen molar-refractivity contribution >= 4 is 6.09 Å². The largest absolute Gasteiger partial charge is 0.479 e. The standard InChI is InChI=1S/C19H29N3O3/c1-14(2)17(22-18(23)25-19(3,4)5)13-21-12-15-7-6-8-16(11-15)24-10-9-20/h6-8,11,14,17,21H,10,12-13H2,1-5H3,(H,22,23). The van der Waals surface area contributed by atoms with Gasteiger partial charge in [0.15, 0.2) is 6.61 Å². The first-order valence-corrected chi connectivity index (χ1v) is 8.50. The number of ether oxygens (including phenoxy) is 2. The predicted molar refractivity (Wildman–Crippen MR) is 97.3 cm³/mol. The fourth-order valence-electron chi connectivity index (χ4n) is 2.15. The fourth-order valence-corrected chi connectivity index (χ4v) is 2.15. The number of hydrogen-bond donors (Lipinski definition) is 2. The van der Waals surface area contributed by atoms with Crippen molar-refractivity contribution in [2.45, 2.75) is 52.8 Å². The Morgan fingerprint density at radius 1 is 1.32 bits per heavy atom. The third-order valence-corrected chi connectivity index (χ3v) is 3.40. The summed E-state index contributed by atoms with van der Waals surface area (Å²) >= 11 is 0. The Bertz CT molecular complexity index is 588. The van der Waals surface area contributed by atoms with Gasteiger partial charge in [0, 0.05) is 19.1 Å². The highest BCUT2D eigenvalue weighted by Crippen LogP contribution is 2.13. The number of rotatable bonds is 8. The molecule has 0 aliphatic rings. The van der Waals surface area contributed by atoms with Gasteiger partial charge in [-0.3, -0.25) is 0 Å². The lowest BCUT2D eigenvalue weighted by atomic mass is 10.0. The van der Waals surface area contributed by atoms with E-state index in [1.165, 1.54) is 0 Å². The summed E-state index contributed by atoms with van der Waals surface area (Å²) in [6, 6.07) is 9.51. The van der Waals surface area contributed by atoms with Gasteiger partial charge >= 0.3 is 6.09 Å². The molecule has 0 saturated heterocycles. The summed E-state index contributed by atoms with van der Waals surface area (Å²) in [5.41, 5.74) is 0.540. The number of benzene rings is 1. The number of carbonyl (C=O) groups excluding carboxylic acids is 1. The zero-order valence-electron chi connectivity index (χ0n) is 15.8. The zero-order chi connectivity index (χ0) is 18.9. The van der Waals surface area contributed by atoms with Crippen LogP contribution in [0.3, 0.4) is 0 Å². The van der Waals surface area contributed by atoms with E-state index in [0.717, 1.165) is 5.56 Å². The number of nitrogens with one attached hydrogen (secondary N) is 2. The lowest BCUT2D eigenvalue weighted by Crippen LogP contribution is -2.46. The first-order valence-electron chi connectivity index (χ1n) is 8.50. The molecule has 2 N–H and O–H groups in total. The molecule has 1 amide bonds. The summed E-state index contributed by atoms with van der Waals surface area (Å²) in [6.45, 7) is 10.9. The second-order valence-corrected chi connectivity index (χ2v) is 7.22. The highest BCUT2D eigenvalue weighted by atomic mass is 16.6. The molecule has 6 nitrogen and oxygen atoms in total. The minimum atomic E-state index is -0.511. The number of nitrogens with zero attached hydrogens (tertiary/aromatic N) is 1. The number of alkyl carbamates (subject to hydrolysis) is 1. The van der Waals surface area contributed by atoms with Crippen LogP contribution in [0.15, 0.2) is 24.3 Å². The topological polar surface area (TPSA) is 83.4 Å². The third-order valence-electron chi connectivity index (χ3n) is 3.40. The van der Waals surface area contributed by atoms with Crippen LogP contribution in [-0.2, 0) is 11.3 Å². The normalized spacial score (nSPS) is 12.4. The summed E-state index contributed by atoms with van der Waals surface area (Å²) in [5, 5.41) is 14.8. The van der Waals surface area contributed by atoms with Crippen molar-refractivity contribution in [3.05, 3.63) is 29.8 Å². The van der Waals surface area contributed by atoms with Gasteiger partial charge in [-0.15, -0.1) is 0 Å². The molecular weight excluding hydrogens is 318 g/mol. The lowest BCUT2D eigenvalue weighted by Gasteiger charge is -2.26. The highest BCUT2D eigenvalue weighted by molar-refractivity contribution is 5.68. The predicted octanol–water partition coefficient (Wildman–Crippen LogP) is 3.23. The molecule has 0 fully saturated rings. The molecule has 1 aromatic rings. The number of nitriles is 1. The van der Waals surface area contributed by atoms with Gasteiger partial charge in [-0.2, -0.15) is 5.26 Å². The van der Waals surface area contributed by atoms with Gasteiger partial charge in [0.1, 0.15) is 17.4 Å². The van der Waals surface area contributed by atoms with Crippen LogP contribution in [0.2, 0.25) is 0 Å². The monoisotopic (exact) mass is 347 g/mol. The molecule has 0 aliphatic carbocycles. The van der Waals surface area contributed by atoms with E-state index in [1.54, 1.807) is 0 Å². The number of hydrogen-bond acceptors (Lipinski definition) is 5. The van der Waals surface area contributed by atoms with Crippen LogP contribution in [0.5, 0.6) is 5.75 Å². The molecule has 0 saturated carbocycles. The third kappa shape index (κ3) is 8.96. The molecular formula is C19H29N3O3. The van der Waals surface area contributed by atoms with Gasteiger partial charge in [-0.25, -0.2) is 4.79 Å². The van der Waals surface area contributed by atoms with E-state index in [4.69, 9.17) is 14.7 Å². The average Bonchev–Trinajstić information content (AvgIpc) is 2.50. The highest BCUT2D eigenvalue weighted by Gasteiger charge is 2.21. The van der Waals surface area contributed by atoms with Crippen LogP contribution < -0.4 is 15.4 Å². The molecule has 0 bridgehead atoms. The summed E-state index contributed by atoms with van der Waals surface area (Å²) in [7, 11) is 0. The second-order valence-electron chi connectivity index (χ2n) is 7.22. The zero-order valence-corrected chi connectivity index (χ0v) is 15.8. The quantitative estimate of drug-likeness (QED) is 0.754. The van der Waals surface area contributed by atoms with E-state index in [9.17, 15) is 4.79 Å². The Kier molecular flexibility index (Phi) is 8.23. The van der Waals surface area contributed by atoms with Crippen molar-refractivity contribution < 1.29 is 14.3 Å². The minimum absolute atomic E-state index is 0.0338. The lowest BCUT2D eigenvalue weighted by molar-refractivity contribution is 0.0490. The van der Waals surface area contributed by atoms with E-state index in [1.807, 2.05) is 51.1 Å². The van der Waals surface area contributed by atoms with Crippen LogP contribution in [-0.4, -0.2) is 30.9 Å². The molecule has 25 heavy (non-hydrogen) atoms. The van der Waals surface area contributed by atoms with E-state index in [2.05, 4.69) is 24.5 Å². The average molecular weight is 347 g/mol. The van der Waals surface area contributed by atoms with Crippen LogP contribution in [0.4, 0.5) is 4.79 Å². The smallest absolute Gasteiger partial charge is 0.407 e.